The Hall–Kier alpha value is -1.22. The van der Waals surface area contributed by atoms with Crippen molar-refractivity contribution in [2.24, 2.45) is 0 Å². The molecule has 0 radical (unpaired) electrons. The van der Waals surface area contributed by atoms with Crippen LogP contribution in [0.5, 0.6) is 0 Å². The number of amides is 1. The number of aliphatic hydroxyl groups is 4. The summed E-state index contributed by atoms with van der Waals surface area (Å²) < 4.78 is 0. The van der Waals surface area contributed by atoms with Crippen molar-refractivity contribution in [3.05, 3.63) is 0 Å². The first-order valence-corrected chi connectivity index (χ1v) is 4.05. The number of rotatable bonds is 6. The van der Waals surface area contributed by atoms with Gasteiger partial charge in [0.1, 0.15) is 12.1 Å². The van der Waals surface area contributed by atoms with Crippen LogP contribution in [0.25, 0.3) is 0 Å². The van der Waals surface area contributed by atoms with Crippen LogP contribution in [-0.4, -0.2) is 68.9 Å². The molecule has 0 rings (SSSR count). The molecule has 6 N–H and O–H groups in total. The monoisotopic (exact) mass is 223 g/mol. The van der Waals surface area contributed by atoms with E-state index in [-0.39, 0.29) is 0 Å². The van der Waals surface area contributed by atoms with Gasteiger partial charge in [0.2, 0.25) is 0 Å². The molecule has 15 heavy (non-hydrogen) atoms. The molecule has 8 nitrogen and oxygen atoms in total. The largest absolute Gasteiger partial charge is 0.480 e. The second-order valence-electron chi connectivity index (χ2n) is 2.78. The van der Waals surface area contributed by atoms with Crippen molar-refractivity contribution in [3.63, 3.8) is 0 Å². The Balaban J connectivity index is 4.28. The third-order valence-corrected chi connectivity index (χ3v) is 1.62. The highest BCUT2D eigenvalue weighted by Crippen LogP contribution is 1.94. The van der Waals surface area contributed by atoms with Gasteiger partial charge in [0, 0.05) is 0 Å². The van der Waals surface area contributed by atoms with Gasteiger partial charge in [-0.15, -0.1) is 0 Å². The van der Waals surface area contributed by atoms with Crippen LogP contribution in [0.3, 0.4) is 0 Å². The summed E-state index contributed by atoms with van der Waals surface area (Å²) in [5, 5.41) is 45.0. The van der Waals surface area contributed by atoms with E-state index in [0.717, 1.165) is 0 Å². The highest BCUT2D eigenvalue weighted by Gasteiger charge is 2.27. The molecule has 0 aromatic carbocycles. The van der Waals surface area contributed by atoms with E-state index in [1.54, 1.807) is 5.32 Å². The van der Waals surface area contributed by atoms with E-state index in [2.05, 4.69) is 0 Å². The lowest BCUT2D eigenvalue weighted by Gasteiger charge is -2.17. The zero-order valence-corrected chi connectivity index (χ0v) is 7.70. The summed E-state index contributed by atoms with van der Waals surface area (Å²) >= 11 is 0. The second kappa shape index (κ2) is 6.30. The fraction of sp³-hybridized carbons (Fsp3) is 0.714. The summed E-state index contributed by atoms with van der Waals surface area (Å²) in [7, 11) is 0. The second-order valence-corrected chi connectivity index (χ2v) is 2.78. The Morgan fingerprint density at radius 3 is 2.00 bits per heavy atom. The van der Waals surface area contributed by atoms with Gasteiger partial charge in [-0.05, 0) is 0 Å². The standard InChI is InChI=1S/C7H13NO7/c9-1-3(7(14)15)8-6(13)5(12)4(11)2-10/h3-5,9-12H,1-2H2,(H,8,13)(H,14,15)/t3?,4-,5+/m0/s1. The molecule has 0 saturated carbocycles. The summed E-state index contributed by atoms with van der Waals surface area (Å²) in [5.74, 6) is -2.66. The Labute approximate surface area is 84.8 Å². The van der Waals surface area contributed by atoms with Crippen LogP contribution in [0.15, 0.2) is 0 Å². The van der Waals surface area contributed by atoms with E-state index in [0.29, 0.717) is 0 Å². The molecule has 0 aliphatic carbocycles. The first kappa shape index (κ1) is 13.8. The molecule has 1 unspecified atom stereocenters. The fourth-order valence-corrected chi connectivity index (χ4v) is 0.717. The predicted molar refractivity (Wildman–Crippen MR) is 45.8 cm³/mol. The average molecular weight is 223 g/mol. The van der Waals surface area contributed by atoms with Gasteiger partial charge in [0.05, 0.1) is 13.2 Å². The summed E-state index contributed by atoms with van der Waals surface area (Å²) in [4.78, 5) is 21.4. The van der Waals surface area contributed by atoms with Crippen LogP contribution in [0.4, 0.5) is 0 Å². The molecule has 88 valence electrons. The van der Waals surface area contributed by atoms with E-state index in [9.17, 15) is 9.59 Å². The van der Waals surface area contributed by atoms with E-state index >= 15 is 0 Å². The van der Waals surface area contributed by atoms with Crippen LogP contribution in [-0.2, 0) is 9.59 Å². The first-order valence-electron chi connectivity index (χ1n) is 4.05. The number of carboxylic acid groups (broad SMARTS) is 1. The Morgan fingerprint density at radius 2 is 1.67 bits per heavy atom. The number of hydrogen-bond donors (Lipinski definition) is 6. The van der Waals surface area contributed by atoms with Crippen LogP contribution >= 0.6 is 0 Å². The molecule has 0 aromatic heterocycles. The molecule has 0 bridgehead atoms. The maximum atomic E-state index is 11.0. The van der Waals surface area contributed by atoms with Crippen molar-refractivity contribution in [3.8, 4) is 0 Å². The molecule has 0 saturated heterocycles. The SMILES string of the molecule is O=C(O)C(CO)NC(=O)[C@H](O)[C@@H](O)CO. The van der Waals surface area contributed by atoms with Gasteiger partial charge in [-0.1, -0.05) is 0 Å². The Bertz CT molecular complexity index is 231. The van der Waals surface area contributed by atoms with Crippen LogP contribution in [0, 0.1) is 0 Å². The van der Waals surface area contributed by atoms with Gasteiger partial charge in [0.15, 0.2) is 6.10 Å². The van der Waals surface area contributed by atoms with E-state index in [1.807, 2.05) is 0 Å². The molecule has 0 aliphatic rings. The minimum atomic E-state index is -1.94. The van der Waals surface area contributed by atoms with E-state index in [1.165, 1.54) is 0 Å². The van der Waals surface area contributed by atoms with Crippen molar-refractivity contribution in [1.82, 2.24) is 5.32 Å². The maximum absolute atomic E-state index is 11.0. The summed E-state index contributed by atoms with van der Waals surface area (Å²) in [6.07, 6.45) is -3.64. The highest BCUT2D eigenvalue weighted by molar-refractivity contribution is 5.86. The third kappa shape index (κ3) is 4.21. The van der Waals surface area contributed by atoms with Crippen molar-refractivity contribution in [2.45, 2.75) is 18.2 Å². The summed E-state index contributed by atoms with van der Waals surface area (Å²) in [5.41, 5.74) is 0. The number of carbonyl (C=O) groups is 2. The maximum Gasteiger partial charge on any atom is 0.328 e. The zero-order chi connectivity index (χ0) is 12.0. The topological polar surface area (TPSA) is 147 Å². The fourth-order valence-electron chi connectivity index (χ4n) is 0.717. The van der Waals surface area contributed by atoms with Crippen molar-refractivity contribution in [2.75, 3.05) is 13.2 Å². The molecule has 0 heterocycles. The number of aliphatic hydroxyl groups excluding tert-OH is 4. The molecule has 3 atom stereocenters. The Kier molecular flexibility index (Phi) is 5.79. The van der Waals surface area contributed by atoms with Gasteiger partial charge in [-0.25, -0.2) is 4.79 Å². The molecule has 1 amide bonds. The van der Waals surface area contributed by atoms with E-state index in [4.69, 9.17) is 25.5 Å². The number of aliphatic carboxylic acids is 1. The highest BCUT2D eigenvalue weighted by atomic mass is 16.4. The van der Waals surface area contributed by atoms with E-state index < -0.39 is 43.3 Å². The average Bonchev–Trinajstić information content (AvgIpc) is 2.22. The molecular weight excluding hydrogens is 210 g/mol. The van der Waals surface area contributed by atoms with Gasteiger partial charge >= 0.3 is 5.97 Å². The number of nitrogens with one attached hydrogen (secondary N) is 1. The summed E-state index contributed by atoms with van der Waals surface area (Å²) in [6, 6.07) is -1.56. The molecule has 0 aromatic rings. The molecule has 8 heteroatoms. The lowest BCUT2D eigenvalue weighted by atomic mass is 10.2. The summed E-state index contributed by atoms with van der Waals surface area (Å²) in [6.45, 7) is -1.69. The van der Waals surface area contributed by atoms with Crippen LogP contribution < -0.4 is 5.32 Å². The van der Waals surface area contributed by atoms with Crippen molar-refractivity contribution < 1.29 is 35.1 Å². The number of hydrogen-bond acceptors (Lipinski definition) is 6. The lowest BCUT2D eigenvalue weighted by molar-refractivity contribution is -0.147. The number of carboxylic acids is 1. The van der Waals surface area contributed by atoms with Gasteiger partial charge in [-0.2, -0.15) is 0 Å². The van der Waals surface area contributed by atoms with Crippen LogP contribution in [0.1, 0.15) is 0 Å². The molecule has 0 spiro atoms. The normalized spacial score (nSPS) is 16.5. The molecular formula is C7H13NO7. The Morgan fingerprint density at radius 1 is 1.13 bits per heavy atom. The minimum absolute atomic E-state index is 0.842. The van der Waals surface area contributed by atoms with Crippen molar-refractivity contribution >= 4 is 11.9 Å². The first-order chi connectivity index (χ1) is 6.93. The predicted octanol–water partition coefficient (Wildman–Crippen LogP) is -3.74. The van der Waals surface area contributed by atoms with Gasteiger partial charge in [-0.3, -0.25) is 4.79 Å². The quantitative estimate of drug-likeness (QED) is 0.271. The van der Waals surface area contributed by atoms with Crippen LogP contribution in [0.2, 0.25) is 0 Å². The zero-order valence-electron chi connectivity index (χ0n) is 7.70. The molecule has 0 fully saturated rings. The molecule has 0 aliphatic heterocycles. The number of carbonyl (C=O) groups excluding carboxylic acids is 1. The third-order valence-electron chi connectivity index (χ3n) is 1.62. The lowest BCUT2D eigenvalue weighted by Crippen LogP contribution is -2.51. The van der Waals surface area contributed by atoms with Gasteiger partial charge < -0.3 is 30.8 Å². The van der Waals surface area contributed by atoms with Crippen molar-refractivity contribution in [1.29, 1.82) is 0 Å². The van der Waals surface area contributed by atoms with Gasteiger partial charge in [0.25, 0.3) is 5.91 Å². The smallest absolute Gasteiger partial charge is 0.328 e. The minimum Gasteiger partial charge on any atom is -0.480 e.